The molecular weight excluding hydrogens is 364 g/mol. The Morgan fingerprint density at radius 1 is 1.28 bits per heavy atom. The molecule has 25 heavy (non-hydrogen) atoms. The molecule has 7 nitrogen and oxygen atoms in total. The molecule has 2 N–H and O–H groups in total. The van der Waals surface area contributed by atoms with Gasteiger partial charge < -0.3 is 19.8 Å². The molecule has 1 amide bonds. The zero-order valence-corrected chi connectivity index (χ0v) is 14.5. The molecule has 0 unspecified atom stereocenters. The maximum Gasteiger partial charge on any atom is 0.234 e. The Kier molecular flexibility index (Phi) is 4.37. The van der Waals surface area contributed by atoms with Gasteiger partial charge in [0.15, 0.2) is 22.3 Å². The molecule has 0 spiro atoms. The lowest BCUT2D eigenvalue weighted by Gasteiger charge is -2.18. The number of aromatic amines is 1. The quantitative estimate of drug-likeness (QED) is 0.680. The fourth-order valence-corrected chi connectivity index (χ4v) is 3.20. The van der Waals surface area contributed by atoms with Gasteiger partial charge in [-0.2, -0.15) is 0 Å². The van der Waals surface area contributed by atoms with E-state index in [0.29, 0.717) is 46.2 Å². The standard InChI is InChI=1S/C16H13ClN4O3S/c17-9-5-11-15(18-7-9)21-16(20-11)25-8-14(22)19-10-1-2-12-13(6-10)24-4-3-23-12/h1-2,5-7H,3-4,8H2,(H,19,22)(H,18,20,21). The first-order valence-electron chi connectivity index (χ1n) is 7.51. The maximum absolute atomic E-state index is 12.1. The minimum absolute atomic E-state index is 0.145. The van der Waals surface area contributed by atoms with Crippen LogP contribution in [-0.4, -0.2) is 39.8 Å². The van der Waals surface area contributed by atoms with E-state index < -0.39 is 0 Å². The summed E-state index contributed by atoms with van der Waals surface area (Å²) < 4.78 is 11.0. The lowest BCUT2D eigenvalue weighted by Crippen LogP contribution is -2.17. The van der Waals surface area contributed by atoms with E-state index in [1.165, 1.54) is 18.0 Å². The topological polar surface area (TPSA) is 89.1 Å². The summed E-state index contributed by atoms with van der Waals surface area (Å²) in [5, 5.41) is 3.98. The highest BCUT2D eigenvalue weighted by atomic mass is 35.5. The Balaban J connectivity index is 1.38. The SMILES string of the molecule is O=C(CSc1nc2ncc(Cl)cc2[nH]1)Nc1ccc2c(c1)OCCO2. The lowest BCUT2D eigenvalue weighted by atomic mass is 10.2. The summed E-state index contributed by atoms with van der Waals surface area (Å²) in [6, 6.07) is 7.06. The third-order valence-corrected chi connectivity index (χ3v) is 4.53. The predicted molar refractivity (Wildman–Crippen MR) is 95.7 cm³/mol. The third kappa shape index (κ3) is 3.64. The summed E-state index contributed by atoms with van der Waals surface area (Å²) in [6.45, 7) is 1.04. The number of hydrogen-bond donors (Lipinski definition) is 2. The molecule has 0 atom stereocenters. The molecule has 3 aromatic rings. The van der Waals surface area contributed by atoms with Crippen molar-refractivity contribution in [2.45, 2.75) is 5.16 Å². The number of nitrogens with one attached hydrogen (secondary N) is 2. The van der Waals surface area contributed by atoms with Gasteiger partial charge in [0.2, 0.25) is 5.91 Å². The zero-order valence-electron chi connectivity index (χ0n) is 12.9. The Hall–Kier alpha value is -2.45. The number of aromatic nitrogens is 3. The van der Waals surface area contributed by atoms with E-state index in [9.17, 15) is 4.79 Å². The van der Waals surface area contributed by atoms with Crippen LogP contribution in [0.5, 0.6) is 11.5 Å². The highest BCUT2D eigenvalue weighted by Crippen LogP contribution is 2.32. The van der Waals surface area contributed by atoms with Gasteiger partial charge in [-0.15, -0.1) is 0 Å². The molecule has 0 aliphatic carbocycles. The fraction of sp³-hybridized carbons (Fsp3) is 0.188. The number of pyridine rings is 1. The third-order valence-electron chi connectivity index (χ3n) is 3.45. The summed E-state index contributed by atoms with van der Waals surface area (Å²) in [7, 11) is 0. The molecule has 0 radical (unpaired) electrons. The average Bonchev–Trinajstić information content (AvgIpc) is 3.02. The Bertz CT molecular complexity index is 946. The van der Waals surface area contributed by atoms with Gasteiger partial charge in [-0.1, -0.05) is 23.4 Å². The smallest absolute Gasteiger partial charge is 0.234 e. The lowest BCUT2D eigenvalue weighted by molar-refractivity contribution is -0.113. The monoisotopic (exact) mass is 376 g/mol. The largest absolute Gasteiger partial charge is 0.486 e. The summed E-state index contributed by atoms with van der Waals surface area (Å²) in [5.41, 5.74) is 1.97. The van der Waals surface area contributed by atoms with E-state index in [1.807, 2.05) is 0 Å². The van der Waals surface area contributed by atoms with Gasteiger partial charge in [0.25, 0.3) is 0 Å². The molecule has 0 saturated heterocycles. The number of amides is 1. The molecule has 1 aliphatic rings. The van der Waals surface area contributed by atoms with Crippen LogP contribution < -0.4 is 14.8 Å². The second kappa shape index (κ2) is 6.81. The van der Waals surface area contributed by atoms with Crippen LogP contribution in [0.3, 0.4) is 0 Å². The second-order valence-corrected chi connectivity index (χ2v) is 6.66. The number of imidazole rings is 1. The van der Waals surface area contributed by atoms with Crippen LogP contribution in [-0.2, 0) is 4.79 Å². The summed E-state index contributed by atoms with van der Waals surface area (Å²) in [4.78, 5) is 23.7. The minimum Gasteiger partial charge on any atom is -0.486 e. The number of carbonyl (C=O) groups is 1. The highest BCUT2D eigenvalue weighted by Gasteiger charge is 2.13. The molecule has 0 fully saturated rings. The van der Waals surface area contributed by atoms with E-state index in [1.54, 1.807) is 24.3 Å². The van der Waals surface area contributed by atoms with Crippen molar-refractivity contribution in [3.8, 4) is 11.5 Å². The average molecular weight is 377 g/mol. The van der Waals surface area contributed by atoms with Gasteiger partial charge in [0, 0.05) is 18.0 Å². The predicted octanol–water partition coefficient (Wildman–Crippen LogP) is 3.11. The van der Waals surface area contributed by atoms with Gasteiger partial charge in [0.05, 0.1) is 16.3 Å². The Morgan fingerprint density at radius 3 is 3.00 bits per heavy atom. The van der Waals surface area contributed by atoms with Crippen molar-refractivity contribution in [1.29, 1.82) is 0 Å². The van der Waals surface area contributed by atoms with Crippen molar-refractivity contribution in [3.05, 3.63) is 35.5 Å². The van der Waals surface area contributed by atoms with E-state index in [-0.39, 0.29) is 11.7 Å². The maximum atomic E-state index is 12.1. The molecule has 0 saturated carbocycles. The molecule has 3 heterocycles. The van der Waals surface area contributed by atoms with Crippen LogP contribution in [0, 0.1) is 0 Å². The van der Waals surface area contributed by atoms with Gasteiger partial charge in [0.1, 0.15) is 13.2 Å². The van der Waals surface area contributed by atoms with Crippen LogP contribution >= 0.6 is 23.4 Å². The molecule has 1 aliphatic heterocycles. The summed E-state index contributed by atoms with van der Waals surface area (Å²) >= 11 is 7.19. The zero-order chi connectivity index (χ0) is 17.2. The van der Waals surface area contributed by atoms with Crippen molar-refractivity contribution < 1.29 is 14.3 Å². The molecule has 0 bridgehead atoms. The number of nitrogens with zero attached hydrogens (tertiary/aromatic N) is 2. The number of ether oxygens (including phenoxy) is 2. The van der Waals surface area contributed by atoms with Crippen molar-refractivity contribution in [1.82, 2.24) is 15.0 Å². The molecule has 128 valence electrons. The summed E-state index contributed by atoms with van der Waals surface area (Å²) in [5.74, 6) is 1.39. The van der Waals surface area contributed by atoms with E-state index in [4.69, 9.17) is 21.1 Å². The number of fused-ring (bicyclic) bond motifs is 2. The van der Waals surface area contributed by atoms with Gasteiger partial charge >= 0.3 is 0 Å². The number of carbonyl (C=O) groups excluding carboxylic acids is 1. The first-order valence-corrected chi connectivity index (χ1v) is 8.87. The Labute approximate surface area is 152 Å². The first-order chi connectivity index (χ1) is 12.2. The van der Waals surface area contributed by atoms with E-state index >= 15 is 0 Å². The van der Waals surface area contributed by atoms with Crippen molar-refractivity contribution in [2.24, 2.45) is 0 Å². The molecule has 9 heteroatoms. The number of halogens is 1. The van der Waals surface area contributed by atoms with Gasteiger partial charge in [-0.3, -0.25) is 4.79 Å². The van der Waals surface area contributed by atoms with E-state index in [2.05, 4.69) is 20.3 Å². The fourth-order valence-electron chi connectivity index (χ4n) is 2.37. The van der Waals surface area contributed by atoms with Crippen molar-refractivity contribution in [2.75, 3.05) is 24.3 Å². The van der Waals surface area contributed by atoms with Crippen LogP contribution in [0.2, 0.25) is 5.02 Å². The molecule has 1 aromatic carbocycles. The molecule has 4 rings (SSSR count). The van der Waals surface area contributed by atoms with Gasteiger partial charge in [-0.25, -0.2) is 9.97 Å². The number of rotatable bonds is 4. The Morgan fingerprint density at radius 2 is 2.12 bits per heavy atom. The number of anilines is 1. The van der Waals surface area contributed by atoms with Crippen molar-refractivity contribution in [3.63, 3.8) is 0 Å². The van der Waals surface area contributed by atoms with Gasteiger partial charge in [-0.05, 0) is 18.2 Å². The normalized spacial score (nSPS) is 13.0. The molecule has 2 aromatic heterocycles. The number of benzene rings is 1. The molecular formula is C16H13ClN4O3S. The number of H-pyrrole nitrogens is 1. The van der Waals surface area contributed by atoms with Crippen LogP contribution in [0.15, 0.2) is 35.6 Å². The van der Waals surface area contributed by atoms with Crippen molar-refractivity contribution >= 4 is 46.1 Å². The summed E-state index contributed by atoms with van der Waals surface area (Å²) in [6.07, 6.45) is 1.54. The van der Waals surface area contributed by atoms with Crippen LogP contribution in [0.4, 0.5) is 5.69 Å². The van der Waals surface area contributed by atoms with Crippen LogP contribution in [0.1, 0.15) is 0 Å². The minimum atomic E-state index is -0.145. The first kappa shape index (κ1) is 16.0. The van der Waals surface area contributed by atoms with Crippen LogP contribution in [0.25, 0.3) is 11.2 Å². The highest BCUT2D eigenvalue weighted by molar-refractivity contribution is 7.99. The number of hydrogen-bond acceptors (Lipinski definition) is 6. The van der Waals surface area contributed by atoms with E-state index in [0.717, 1.165) is 5.52 Å². The number of thioether (sulfide) groups is 1. The second-order valence-electron chi connectivity index (χ2n) is 5.26.